The van der Waals surface area contributed by atoms with E-state index in [1.54, 1.807) is 0 Å². The average molecular weight is 286 g/mol. The van der Waals surface area contributed by atoms with Crippen molar-refractivity contribution >= 4 is 16.8 Å². The molecule has 0 saturated carbocycles. The summed E-state index contributed by atoms with van der Waals surface area (Å²) >= 11 is 0. The van der Waals surface area contributed by atoms with Crippen LogP contribution in [0.2, 0.25) is 0 Å². The highest BCUT2D eigenvalue weighted by Crippen LogP contribution is 2.17. The summed E-state index contributed by atoms with van der Waals surface area (Å²) in [6, 6.07) is 8.11. The molecule has 3 nitrogen and oxygen atoms in total. The number of rotatable bonds is 7. The van der Waals surface area contributed by atoms with E-state index in [9.17, 15) is 4.79 Å². The van der Waals surface area contributed by atoms with Crippen LogP contribution in [0.5, 0.6) is 0 Å². The fraction of sp³-hybridized carbons (Fsp3) is 0.500. The normalized spacial score (nSPS) is 12.5. The highest BCUT2D eigenvalue weighted by Gasteiger charge is 2.12. The van der Waals surface area contributed by atoms with Gasteiger partial charge in [0.1, 0.15) is 5.69 Å². The van der Waals surface area contributed by atoms with Gasteiger partial charge in [0.25, 0.3) is 5.91 Å². The van der Waals surface area contributed by atoms with Crippen molar-refractivity contribution in [1.29, 1.82) is 0 Å². The zero-order chi connectivity index (χ0) is 15.2. The number of nitrogens with one attached hydrogen (secondary N) is 2. The molecule has 0 bridgehead atoms. The molecule has 0 saturated heterocycles. The van der Waals surface area contributed by atoms with Crippen molar-refractivity contribution in [3.05, 3.63) is 35.5 Å². The van der Waals surface area contributed by atoms with Gasteiger partial charge in [-0.1, -0.05) is 44.7 Å². The summed E-state index contributed by atoms with van der Waals surface area (Å²) in [4.78, 5) is 15.4. The van der Waals surface area contributed by atoms with Crippen LogP contribution in [-0.4, -0.2) is 17.4 Å². The van der Waals surface area contributed by atoms with Gasteiger partial charge in [-0.15, -0.1) is 0 Å². The molecule has 114 valence electrons. The summed E-state index contributed by atoms with van der Waals surface area (Å²) in [6.45, 7) is 7.23. The molecule has 3 heteroatoms. The van der Waals surface area contributed by atoms with Crippen molar-refractivity contribution in [2.75, 3.05) is 6.54 Å². The SMILES string of the molecule is CCCC[C@@H](CC)CNC(=O)c1cc2cc(C)ccc2[nH]1. The number of fused-ring (bicyclic) bond motifs is 1. The Bertz CT molecular complexity index is 600. The molecule has 0 aliphatic heterocycles. The van der Waals surface area contributed by atoms with Crippen LogP contribution in [0.15, 0.2) is 24.3 Å². The van der Waals surface area contributed by atoms with Crippen molar-refractivity contribution in [3.8, 4) is 0 Å². The Labute approximate surface area is 127 Å². The minimum absolute atomic E-state index is 0.00111. The largest absolute Gasteiger partial charge is 0.351 e. The second kappa shape index (κ2) is 7.30. The molecule has 1 aromatic heterocycles. The maximum Gasteiger partial charge on any atom is 0.267 e. The standard InChI is InChI=1S/C18H26N2O/c1-4-6-7-14(5-2)12-19-18(21)17-11-15-10-13(3)8-9-16(15)20-17/h8-11,14,20H,4-7,12H2,1-3H3,(H,19,21)/t14-/m1/s1. The molecule has 1 amide bonds. The van der Waals surface area contributed by atoms with E-state index in [0.717, 1.165) is 23.9 Å². The first-order valence-electron chi connectivity index (χ1n) is 8.01. The highest BCUT2D eigenvalue weighted by atomic mass is 16.1. The van der Waals surface area contributed by atoms with E-state index >= 15 is 0 Å². The number of hydrogen-bond acceptors (Lipinski definition) is 1. The smallest absolute Gasteiger partial charge is 0.267 e. The van der Waals surface area contributed by atoms with Crippen LogP contribution in [0, 0.1) is 12.8 Å². The Morgan fingerprint density at radius 1 is 1.29 bits per heavy atom. The van der Waals surface area contributed by atoms with Gasteiger partial charge in [0.05, 0.1) is 0 Å². The zero-order valence-corrected chi connectivity index (χ0v) is 13.3. The number of aromatic amines is 1. The molecule has 1 aromatic carbocycles. The number of aryl methyl sites for hydroxylation is 1. The van der Waals surface area contributed by atoms with E-state index < -0.39 is 0 Å². The molecule has 0 fully saturated rings. The topological polar surface area (TPSA) is 44.9 Å². The molecule has 2 N–H and O–H groups in total. The first-order valence-corrected chi connectivity index (χ1v) is 8.01. The molecular weight excluding hydrogens is 260 g/mol. The van der Waals surface area contributed by atoms with Crippen LogP contribution in [0.4, 0.5) is 0 Å². The lowest BCUT2D eigenvalue weighted by atomic mass is 9.99. The number of hydrogen-bond donors (Lipinski definition) is 2. The second-order valence-corrected chi connectivity index (χ2v) is 5.90. The lowest BCUT2D eigenvalue weighted by Crippen LogP contribution is -2.29. The summed E-state index contributed by atoms with van der Waals surface area (Å²) in [7, 11) is 0. The summed E-state index contributed by atoms with van der Waals surface area (Å²) in [5.74, 6) is 0.583. The third-order valence-electron chi connectivity index (χ3n) is 4.12. The highest BCUT2D eigenvalue weighted by molar-refractivity contribution is 5.98. The fourth-order valence-electron chi connectivity index (χ4n) is 2.65. The Morgan fingerprint density at radius 2 is 2.10 bits per heavy atom. The van der Waals surface area contributed by atoms with Gasteiger partial charge in [-0.3, -0.25) is 4.79 Å². The number of carbonyl (C=O) groups excluding carboxylic acids is 1. The molecule has 0 unspecified atom stereocenters. The van der Waals surface area contributed by atoms with Crippen molar-refractivity contribution in [1.82, 2.24) is 10.3 Å². The summed E-state index contributed by atoms with van der Waals surface area (Å²) in [5, 5.41) is 4.16. The van der Waals surface area contributed by atoms with Crippen LogP contribution in [0.3, 0.4) is 0 Å². The third kappa shape index (κ3) is 4.10. The quantitative estimate of drug-likeness (QED) is 0.777. The fourth-order valence-corrected chi connectivity index (χ4v) is 2.65. The van der Waals surface area contributed by atoms with E-state index in [2.05, 4.69) is 43.2 Å². The minimum atomic E-state index is -0.00111. The van der Waals surface area contributed by atoms with Gasteiger partial charge >= 0.3 is 0 Å². The number of unbranched alkanes of at least 4 members (excludes halogenated alkanes) is 1. The predicted octanol–water partition coefficient (Wildman–Crippen LogP) is 4.42. The van der Waals surface area contributed by atoms with Gasteiger partial charge in [-0.25, -0.2) is 0 Å². The number of amides is 1. The molecule has 0 aliphatic carbocycles. The maximum atomic E-state index is 12.3. The summed E-state index contributed by atoms with van der Waals surface area (Å²) in [6.07, 6.45) is 4.76. The molecule has 2 rings (SSSR count). The Morgan fingerprint density at radius 3 is 2.81 bits per heavy atom. The van der Waals surface area contributed by atoms with E-state index in [1.807, 2.05) is 12.1 Å². The van der Waals surface area contributed by atoms with E-state index in [-0.39, 0.29) is 5.91 Å². The number of aromatic nitrogens is 1. The van der Waals surface area contributed by atoms with Gasteiger partial charge in [-0.05, 0) is 37.5 Å². The third-order valence-corrected chi connectivity index (χ3v) is 4.12. The number of benzene rings is 1. The van der Waals surface area contributed by atoms with Gasteiger partial charge < -0.3 is 10.3 Å². The lowest BCUT2D eigenvalue weighted by Gasteiger charge is -2.14. The zero-order valence-electron chi connectivity index (χ0n) is 13.3. The van der Waals surface area contributed by atoms with E-state index in [1.165, 1.54) is 24.8 Å². The van der Waals surface area contributed by atoms with Gasteiger partial charge in [0, 0.05) is 17.4 Å². The monoisotopic (exact) mass is 286 g/mol. The van der Waals surface area contributed by atoms with Crippen LogP contribution in [0.25, 0.3) is 10.9 Å². The molecular formula is C18H26N2O. The molecule has 1 heterocycles. The molecule has 21 heavy (non-hydrogen) atoms. The lowest BCUT2D eigenvalue weighted by molar-refractivity contribution is 0.0941. The average Bonchev–Trinajstić information content (AvgIpc) is 2.90. The first-order chi connectivity index (χ1) is 10.1. The van der Waals surface area contributed by atoms with E-state index in [4.69, 9.17) is 0 Å². The van der Waals surface area contributed by atoms with Gasteiger partial charge in [-0.2, -0.15) is 0 Å². The van der Waals surface area contributed by atoms with Crippen molar-refractivity contribution < 1.29 is 4.79 Å². The van der Waals surface area contributed by atoms with Gasteiger partial charge in [0.15, 0.2) is 0 Å². The Kier molecular flexibility index (Phi) is 5.43. The van der Waals surface area contributed by atoms with Crippen LogP contribution >= 0.6 is 0 Å². The van der Waals surface area contributed by atoms with Gasteiger partial charge in [0.2, 0.25) is 0 Å². The Balaban J connectivity index is 1.98. The second-order valence-electron chi connectivity index (χ2n) is 5.90. The molecule has 0 aliphatic rings. The molecule has 0 spiro atoms. The van der Waals surface area contributed by atoms with Crippen molar-refractivity contribution in [2.45, 2.75) is 46.5 Å². The van der Waals surface area contributed by atoms with Crippen LogP contribution in [-0.2, 0) is 0 Å². The van der Waals surface area contributed by atoms with Crippen LogP contribution < -0.4 is 5.32 Å². The number of carbonyl (C=O) groups is 1. The molecule has 1 atom stereocenters. The van der Waals surface area contributed by atoms with Crippen molar-refractivity contribution in [2.24, 2.45) is 5.92 Å². The number of H-pyrrole nitrogens is 1. The minimum Gasteiger partial charge on any atom is -0.351 e. The van der Waals surface area contributed by atoms with Crippen LogP contribution in [0.1, 0.15) is 55.6 Å². The van der Waals surface area contributed by atoms with E-state index in [0.29, 0.717) is 11.6 Å². The first kappa shape index (κ1) is 15.6. The summed E-state index contributed by atoms with van der Waals surface area (Å²) in [5.41, 5.74) is 2.88. The van der Waals surface area contributed by atoms with Crippen molar-refractivity contribution in [3.63, 3.8) is 0 Å². The summed E-state index contributed by atoms with van der Waals surface area (Å²) < 4.78 is 0. The molecule has 2 aromatic rings. The predicted molar refractivity (Wildman–Crippen MR) is 88.7 cm³/mol. The molecule has 0 radical (unpaired) electrons. The Hall–Kier alpha value is -1.77. The maximum absolute atomic E-state index is 12.3.